The monoisotopic (exact) mass is 185 g/mol. The molecule has 1 rings (SSSR count). The zero-order valence-electron chi connectivity index (χ0n) is 6.47. The zero-order chi connectivity index (χ0) is 9.14. The Hall–Kier alpha value is -1.29. The number of amides is 1. The molecule has 0 atom stereocenters. The number of carbonyl (C=O) groups is 1. The van der Waals surface area contributed by atoms with E-state index in [4.69, 9.17) is 17.3 Å². The summed E-state index contributed by atoms with van der Waals surface area (Å²) >= 11 is 5.66. The molecule has 0 spiro atoms. The standard InChI is InChI=1S/C7H8ClN3O/c1-10-5-3-2-4(8)6(11-5)7(9)12/h2-3H,1H3,(H2,9,12)(H,10,11). The van der Waals surface area contributed by atoms with Gasteiger partial charge < -0.3 is 11.1 Å². The van der Waals surface area contributed by atoms with E-state index in [1.165, 1.54) is 0 Å². The molecule has 0 radical (unpaired) electrons. The average molecular weight is 186 g/mol. The van der Waals surface area contributed by atoms with Gasteiger partial charge in [0.15, 0.2) is 0 Å². The quantitative estimate of drug-likeness (QED) is 0.719. The first kappa shape index (κ1) is 8.80. The molecular formula is C7H8ClN3O. The fourth-order valence-electron chi connectivity index (χ4n) is 0.754. The summed E-state index contributed by atoms with van der Waals surface area (Å²) in [5.41, 5.74) is 5.11. The minimum atomic E-state index is -0.628. The third kappa shape index (κ3) is 1.65. The molecule has 12 heavy (non-hydrogen) atoms. The molecule has 0 aliphatic heterocycles. The second-order valence-electron chi connectivity index (χ2n) is 2.14. The van der Waals surface area contributed by atoms with Crippen LogP contribution in [-0.2, 0) is 0 Å². The van der Waals surface area contributed by atoms with Crippen molar-refractivity contribution in [3.05, 3.63) is 22.8 Å². The van der Waals surface area contributed by atoms with Crippen LogP contribution in [0, 0.1) is 0 Å². The van der Waals surface area contributed by atoms with Crippen LogP contribution in [0.5, 0.6) is 0 Å². The highest BCUT2D eigenvalue weighted by atomic mass is 35.5. The molecule has 1 heterocycles. The number of rotatable bonds is 2. The van der Waals surface area contributed by atoms with Crippen molar-refractivity contribution < 1.29 is 4.79 Å². The number of hydrogen-bond acceptors (Lipinski definition) is 3. The van der Waals surface area contributed by atoms with Crippen LogP contribution in [0.3, 0.4) is 0 Å². The number of hydrogen-bond donors (Lipinski definition) is 2. The molecule has 3 N–H and O–H groups in total. The molecule has 0 aliphatic rings. The maximum atomic E-state index is 10.7. The minimum Gasteiger partial charge on any atom is -0.373 e. The van der Waals surface area contributed by atoms with Crippen LogP contribution in [-0.4, -0.2) is 17.9 Å². The minimum absolute atomic E-state index is 0.0866. The third-order valence-electron chi connectivity index (χ3n) is 1.34. The van der Waals surface area contributed by atoms with Gasteiger partial charge in [0.1, 0.15) is 11.5 Å². The van der Waals surface area contributed by atoms with Crippen LogP contribution in [0.25, 0.3) is 0 Å². The van der Waals surface area contributed by atoms with Crippen molar-refractivity contribution in [2.24, 2.45) is 5.73 Å². The Balaban J connectivity index is 3.17. The maximum Gasteiger partial charge on any atom is 0.268 e. The van der Waals surface area contributed by atoms with Crippen molar-refractivity contribution in [2.75, 3.05) is 12.4 Å². The van der Waals surface area contributed by atoms with Crippen LogP contribution < -0.4 is 11.1 Å². The van der Waals surface area contributed by atoms with Gasteiger partial charge in [0.25, 0.3) is 5.91 Å². The van der Waals surface area contributed by atoms with Crippen molar-refractivity contribution >= 4 is 23.3 Å². The van der Waals surface area contributed by atoms with Crippen LogP contribution in [0.2, 0.25) is 5.02 Å². The third-order valence-corrected chi connectivity index (χ3v) is 1.64. The molecule has 0 fully saturated rings. The van der Waals surface area contributed by atoms with Crippen molar-refractivity contribution in [3.63, 3.8) is 0 Å². The van der Waals surface area contributed by atoms with Gasteiger partial charge in [-0.1, -0.05) is 11.6 Å². The van der Waals surface area contributed by atoms with Crippen LogP contribution in [0.4, 0.5) is 5.82 Å². The van der Waals surface area contributed by atoms with Gasteiger partial charge in [-0.25, -0.2) is 4.98 Å². The maximum absolute atomic E-state index is 10.7. The number of pyridine rings is 1. The van der Waals surface area contributed by atoms with E-state index in [9.17, 15) is 4.79 Å². The van der Waals surface area contributed by atoms with Gasteiger partial charge in [-0.2, -0.15) is 0 Å². The molecule has 0 aliphatic carbocycles. The van der Waals surface area contributed by atoms with E-state index in [1.54, 1.807) is 19.2 Å². The number of anilines is 1. The molecule has 0 unspecified atom stereocenters. The van der Waals surface area contributed by atoms with Gasteiger partial charge in [0, 0.05) is 7.05 Å². The van der Waals surface area contributed by atoms with Gasteiger partial charge in [0.2, 0.25) is 0 Å². The van der Waals surface area contributed by atoms with E-state index in [0.717, 1.165) is 0 Å². The van der Waals surface area contributed by atoms with Crippen LogP contribution >= 0.6 is 11.6 Å². The van der Waals surface area contributed by atoms with E-state index in [-0.39, 0.29) is 10.7 Å². The molecule has 0 saturated heterocycles. The first-order valence-corrected chi connectivity index (χ1v) is 3.67. The number of carbonyl (C=O) groups excluding carboxylic acids is 1. The second kappa shape index (κ2) is 3.40. The van der Waals surface area contributed by atoms with Gasteiger partial charge in [0.05, 0.1) is 5.02 Å². The first-order chi connectivity index (χ1) is 5.65. The van der Waals surface area contributed by atoms with Crippen molar-refractivity contribution in [2.45, 2.75) is 0 Å². The summed E-state index contributed by atoms with van der Waals surface area (Å²) in [4.78, 5) is 14.6. The Morgan fingerprint density at radius 2 is 2.33 bits per heavy atom. The predicted molar refractivity (Wildman–Crippen MR) is 47.3 cm³/mol. The van der Waals surface area contributed by atoms with E-state index >= 15 is 0 Å². The van der Waals surface area contributed by atoms with Gasteiger partial charge >= 0.3 is 0 Å². The van der Waals surface area contributed by atoms with Crippen LogP contribution in [0.15, 0.2) is 12.1 Å². The lowest BCUT2D eigenvalue weighted by Crippen LogP contribution is -2.14. The van der Waals surface area contributed by atoms with Gasteiger partial charge in [-0.3, -0.25) is 4.79 Å². The highest BCUT2D eigenvalue weighted by Gasteiger charge is 2.08. The SMILES string of the molecule is CNc1ccc(Cl)c(C(N)=O)n1. The molecule has 64 valence electrons. The Labute approximate surface area is 74.7 Å². The molecule has 1 aromatic heterocycles. The molecule has 1 aromatic rings. The molecule has 5 heteroatoms. The summed E-state index contributed by atoms with van der Waals surface area (Å²) < 4.78 is 0. The van der Waals surface area contributed by atoms with Crippen molar-refractivity contribution in [3.8, 4) is 0 Å². The fraction of sp³-hybridized carbons (Fsp3) is 0.143. The normalized spacial score (nSPS) is 9.50. The summed E-state index contributed by atoms with van der Waals surface area (Å²) in [7, 11) is 1.70. The lowest BCUT2D eigenvalue weighted by Gasteiger charge is -2.01. The number of nitrogens with one attached hydrogen (secondary N) is 1. The lowest BCUT2D eigenvalue weighted by atomic mass is 10.3. The second-order valence-corrected chi connectivity index (χ2v) is 2.55. The summed E-state index contributed by atoms with van der Waals surface area (Å²) in [6, 6.07) is 3.23. The van der Waals surface area contributed by atoms with E-state index < -0.39 is 5.91 Å². The summed E-state index contributed by atoms with van der Waals surface area (Å²) in [6.45, 7) is 0. The van der Waals surface area contributed by atoms with E-state index in [1.807, 2.05) is 0 Å². The summed E-state index contributed by atoms with van der Waals surface area (Å²) in [6.07, 6.45) is 0. The Morgan fingerprint density at radius 3 is 2.83 bits per heavy atom. The molecular weight excluding hydrogens is 178 g/mol. The van der Waals surface area contributed by atoms with Gasteiger partial charge in [-0.05, 0) is 12.1 Å². The van der Waals surface area contributed by atoms with Crippen molar-refractivity contribution in [1.82, 2.24) is 4.98 Å². The fourth-order valence-corrected chi connectivity index (χ4v) is 0.953. The number of primary amides is 1. The van der Waals surface area contributed by atoms with E-state index in [0.29, 0.717) is 5.82 Å². The lowest BCUT2D eigenvalue weighted by molar-refractivity contribution is 0.0996. The average Bonchev–Trinajstić information content (AvgIpc) is 2.05. The molecule has 0 aromatic carbocycles. The Morgan fingerprint density at radius 1 is 1.67 bits per heavy atom. The molecule has 0 saturated carbocycles. The number of nitrogens with zero attached hydrogens (tertiary/aromatic N) is 1. The summed E-state index contributed by atoms with van der Waals surface area (Å²) in [5.74, 6) is -0.0645. The number of nitrogens with two attached hydrogens (primary N) is 1. The number of halogens is 1. The smallest absolute Gasteiger partial charge is 0.268 e. The zero-order valence-corrected chi connectivity index (χ0v) is 7.22. The molecule has 1 amide bonds. The predicted octanol–water partition coefficient (Wildman–Crippen LogP) is 0.876. The molecule has 4 nitrogen and oxygen atoms in total. The van der Waals surface area contributed by atoms with E-state index in [2.05, 4.69) is 10.3 Å². The number of aromatic nitrogens is 1. The first-order valence-electron chi connectivity index (χ1n) is 3.29. The largest absolute Gasteiger partial charge is 0.373 e. The highest BCUT2D eigenvalue weighted by Crippen LogP contribution is 2.15. The topological polar surface area (TPSA) is 68.0 Å². The Kier molecular flexibility index (Phi) is 2.50. The van der Waals surface area contributed by atoms with Gasteiger partial charge in [-0.15, -0.1) is 0 Å². The van der Waals surface area contributed by atoms with Crippen molar-refractivity contribution in [1.29, 1.82) is 0 Å². The molecule has 0 bridgehead atoms. The highest BCUT2D eigenvalue weighted by molar-refractivity contribution is 6.33. The Bertz CT molecular complexity index is 314. The summed E-state index contributed by atoms with van der Waals surface area (Å²) in [5, 5.41) is 3.04. The van der Waals surface area contributed by atoms with Crippen LogP contribution in [0.1, 0.15) is 10.5 Å².